The number of halogens is 2. The molecular formula is C15H23F2N3O4. The number of methoxy groups -OCH3 is 1. The Morgan fingerprint density at radius 1 is 1.29 bits per heavy atom. The van der Waals surface area contributed by atoms with Gasteiger partial charge in [0.05, 0.1) is 12.8 Å². The van der Waals surface area contributed by atoms with Gasteiger partial charge < -0.3 is 26.2 Å². The summed E-state index contributed by atoms with van der Waals surface area (Å²) in [5.74, 6) is -4.34. The Hall–Kier alpha value is -2.42. The minimum Gasteiger partial charge on any atom is -0.493 e. The average Bonchev–Trinajstić information content (AvgIpc) is 2.57. The quantitative estimate of drug-likeness (QED) is 0.651. The van der Waals surface area contributed by atoms with Crippen molar-refractivity contribution in [1.29, 1.82) is 0 Å². The maximum atomic E-state index is 14.2. The Morgan fingerprint density at radius 2 is 1.83 bits per heavy atom. The molecule has 0 heterocycles. The van der Waals surface area contributed by atoms with Crippen LogP contribution in [0.5, 0.6) is 5.75 Å². The number of carbonyl (C=O) groups excluding carboxylic acids is 1. The number of hydrogen-bond donors (Lipinski definition) is 4. The van der Waals surface area contributed by atoms with Crippen molar-refractivity contribution in [2.75, 3.05) is 19.5 Å². The molecule has 0 fully saturated rings. The van der Waals surface area contributed by atoms with Crippen molar-refractivity contribution >= 4 is 17.7 Å². The molecule has 1 aromatic rings. The Kier molecular flexibility index (Phi) is 8.69. The molecule has 5 N–H and O–H groups in total. The van der Waals surface area contributed by atoms with E-state index < -0.39 is 36.1 Å². The number of carboxylic acids is 1. The van der Waals surface area contributed by atoms with Gasteiger partial charge in [0.15, 0.2) is 11.6 Å². The molecule has 24 heavy (non-hydrogen) atoms. The number of rotatable bonds is 5. The summed E-state index contributed by atoms with van der Waals surface area (Å²) < 4.78 is 32.9. The number of nitrogens with two attached hydrogens (primary N) is 1. The predicted octanol–water partition coefficient (Wildman–Crippen LogP) is 2.01. The first-order chi connectivity index (χ1) is 11.2. The second-order valence-corrected chi connectivity index (χ2v) is 4.49. The fourth-order valence-electron chi connectivity index (χ4n) is 1.93. The van der Waals surface area contributed by atoms with Crippen LogP contribution in [0.4, 0.5) is 19.3 Å². The third kappa shape index (κ3) is 4.79. The summed E-state index contributed by atoms with van der Waals surface area (Å²) in [6.07, 6.45) is -0.498. The summed E-state index contributed by atoms with van der Waals surface area (Å²) in [5.41, 5.74) is 5.08. The lowest BCUT2D eigenvalue weighted by molar-refractivity contribution is -0.138. The van der Waals surface area contributed by atoms with E-state index in [9.17, 15) is 18.4 Å². The lowest BCUT2D eigenvalue weighted by atomic mass is 9.99. The second kappa shape index (κ2) is 9.66. The van der Waals surface area contributed by atoms with E-state index in [1.54, 1.807) is 0 Å². The van der Waals surface area contributed by atoms with Crippen molar-refractivity contribution in [3.8, 4) is 5.75 Å². The number of ether oxygens (including phenoxy) is 1. The summed E-state index contributed by atoms with van der Waals surface area (Å²) >= 11 is 0. The Bertz CT molecular complexity index is 609. The molecule has 0 aliphatic rings. The first-order valence-corrected chi connectivity index (χ1v) is 7.26. The molecule has 1 atom stereocenters. The summed E-state index contributed by atoms with van der Waals surface area (Å²) in [4.78, 5) is 22.3. The van der Waals surface area contributed by atoms with Gasteiger partial charge in [0.2, 0.25) is 5.82 Å². The monoisotopic (exact) mass is 347 g/mol. The highest BCUT2D eigenvalue weighted by atomic mass is 19.2. The van der Waals surface area contributed by atoms with Crippen molar-refractivity contribution in [1.82, 2.24) is 5.32 Å². The van der Waals surface area contributed by atoms with E-state index in [-0.39, 0.29) is 22.6 Å². The summed E-state index contributed by atoms with van der Waals surface area (Å²) in [7, 11) is 2.49. The van der Waals surface area contributed by atoms with Gasteiger partial charge in [0, 0.05) is 24.6 Å². The summed E-state index contributed by atoms with van der Waals surface area (Å²) in [6, 6.07) is -2.13. The molecule has 7 nitrogen and oxygen atoms in total. The fourth-order valence-corrected chi connectivity index (χ4v) is 1.93. The highest BCUT2D eigenvalue weighted by molar-refractivity contribution is 5.91. The van der Waals surface area contributed by atoms with Crippen LogP contribution in [0.3, 0.4) is 0 Å². The maximum absolute atomic E-state index is 14.2. The number of amides is 2. The average molecular weight is 347 g/mol. The van der Waals surface area contributed by atoms with Crippen LogP contribution in [0.2, 0.25) is 0 Å². The van der Waals surface area contributed by atoms with Crippen LogP contribution < -0.4 is 21.1 Å². The zero-order valence-corrected chi connectivity index (χ0v) is 14.3. The molecule has 1 unspecified atom stereocenters. The van der Waals surface area contributed by atoms with Gasteiger partial charge in [-0.1, -0.05) is 13.8 Å². The van der Waals surface area contributed by atoms with Crippen LogP contribution in [-0.2, 0) is 11.2 Å². The van der Waals surface area contributed by atoms with Crippen LogP contribution in [0.1, 0.15) is 25.0 Å². The lowest BCUT2D eigenvalue weighted by Crippen LogP contribution is -2.34. The number of benzene rings is 1. The van der Waals surface area contributed by atoms with E-state index in [0.717, 1.165) is 7.11 Å². The molecule has 0 aliphatic heterocycles. The van der Waals surface area contributed by atoms with Crippen LogP contribution in [0.15, 0.2) is 0 Å². The molecule has 0 saturated heterocycles. The smallest absolute Gasteiger partial charge is 0.320 e. The van der Waals surface area contributed by atoms with Gasteiger partial charge in [0.25, 0.3) is 0 Å². The molecule has 0 bridgehead atoms. The summed E-state index contributed by atoms with van der Waals surface area (Å²) in [5, 5.41) is 13.4. The van der Waals surface area contributed by atoms with E-state index in [1.807, 2.05) is 13.8 Å². The Balaban J connectivity index is 0.00000254. The van der Waals surface area contributed by atoms with Gasteiger partial charge in [-0.05, 0) is 6.92 Å². The number of nitrogens with one attached hydrogen (secondary N) is 2. The molecule has 0 saturated carbocycles. The molecule has 0 spiro atoms. The molecule has 0 aromatic heterocycles. The summed E-state index contributed by atoms with van der Waals surface area (Å²) in [6.45, 7) is 5.41. The zero-order valence-electron chi connectivity index (χ0n) is 14.3. The number of carboxylic acid groups (broad SMARTS) is 1. The third-order valence-electron chi connectivity index (χ3n) is 3.09. The van der Waals surface area contributed by atoms with Gasteiger partial charge >= 0.3 is 12.0 Å². The van der Waals surface area contributed by atoms with E-state index >= 15 is 0 Å². The largest absolute Gasteiger partial charge is 0.493 e. The standard InChI is InChI=1S/C13H17F2N3O4.C2H6/c1-5-10(18-13(21)17-2)6(4-7(16)12(19)20)8(14)9(15)11(5)22-3;1-2/h7H,4,16H2,1-3H3,(H,19,20)(H2,17,18,21);1-2H3. The fraction of sp³-hybridized carbons (Fsp3) is 0.467. The van der Waals surface area contributed by atoms with Gasteiger partial charge in [-0.2, -0.15) is 4.39 Å². The van der Waals surface area contributed by atoms with Crippen molar-refractivity contribution in [2.24, 2.45) is 5.73 Å². The normalized spacial score (nSPS) is 11.0. The molecule has 1 aromatic carbocycles. The Labute approximate surface area is 139 Å². The van der Waals surface area contributed by atoms with Crippen molar-refractivity contribution in [2.45, 2.75) is 33.2 Å². The number of carbonyl (C=O) groups is 2. The van der Waals surface area contributed by atoms with E-state index in [4.69, 9.17) is 15.6 Å². The van der Waals surface area contributed by atoms with Crippen LogP contribution in [0, 0.1) is 18.6 Å². The predicted molar refractivity (Wildman–Crippen MR) is 86.4 cm³/mol. The highest BCUT2D eigenvalue weighted by Gasteiger charge is 2.26. The minimum absolute atomic E-state index is 0.0770. The number of aliphatic carboxylic acids is 1. The van der Waals surface area contributed by atoms with Crippen LogP contribution in [0.25, 0.3) is 0 Å². The topological polar surface area (TPSA) is 114 Å². The van der Waals surface area contributed by atoms with Crippen LogP contribution in [-0.4, -0.2) is 37.3 Å². The number of anilines is 1. The molecular weight excluding hydrogens is 324 g/mol. The molecule has 0 radical (unpaired) electrons. The highest BCUT2D eigenvalue weighted by Crippen LogP contribution is 2.35. The maximum Gasteiger partial charge on any atom is 0.320 e. The molecule has 0 aliphatic carbocycles. The Morgan fingerprint density at radius 3 is 2.25 bits per heavy atom. The van der Waals surface area contributed by atoms with Gasteiger partial charge in [-0.25, -0.2) is 9.18 Å². The van der Waals surface area contributed by atoms with Crippen molar-refractivity contribution < 1.29 is 28.2 Å². The van der Waals surface area contributed by atoms with E-state index in [1.165, 1.54) is 14.0 Å². The van der Waals surface area contributed by atoms with Gasteiger partial charge in [0.1, 0.15) is 6.04 Å². The molecule has 2 amide bonds. The third-order valence-corrected chi connectivity index (χ3v) is 3.09. The van der Waals surface area contributed by atoms with Gasteiger partial charge in [-0.15, -0.1) is 0 Å². The minimum atomic E-state index is -1.45. The first-order valence-electron chi connectivity index (χ1n) is 7.26. The number of urea groups is 1. The van der Waals surface area contributed by atoms with Crippen molar-refractivity contribution in [3.05, 3.63) is 22.8 Å². The number of hydrogen-bond acceptors (Lipinski definition) is 4. The van der Waals surface area contributed by atoms with E-state index in [0.29, 0.717) is 0 Å². The lowest BCUT2D eigenvalue weighted by Gasteiger charge is -2.19. The van der Waals surface area contributed by atoms with Crippen LogP contribution >= 0.6 is 0 Å². The zero-order chi connectivity index (χ0) is 19.0. The van der Waals surface area contributed by atoms with Crippen molar-refractivity contribution in [3.63, 3.8) is 0 Å². The second-order valence-electron chi connectivity index (χ2n) is 4.49. The molecule has 1 rings (SSSR count). The van der Waals surface area contributed by atoms with E-state index in [2.05, 4.69) is 10.6 Å². The van der Waals surface area contributed by atoms with Gasteiger partial charge in [-0.3, -0.25) is 4.79 Å². The first kappa shape index (κ1) is 21.6. The molecule has 9 heteroatoms. The molecule has 136 valence electrons. The SMILES string of the molecule is CC.CNC(=O)Nc1c(C)c(OC)c(F)c(F)c1CC(N)C(=O)O.